The number of ether oxygens (including phenoxy) is 2. The van der Waals surface area contributed by atoms with E-state index in [1.165, 1.54) is 0 Å². The van der Waals surface area contributed by atoms with Crippen LogP contribution < -0.4 is 16.2 Å². The van der Waals surface area contributed by atoms with Crippen LogP contribution in [-0.2, 0) is 4.74 Å². The number of rotatable bonds is 5. The van der Waals surface area contributed by atoms with Crippen molar-refractivity contribution >= 4 is 11.6 Å². The molecule has 0 radical (unpaired) electrons. The Morgan fingerprint density at radius 3 is 3.00 bits per heavy atom. The van der Waals surface area contributed by atoms with Gasteiger partial charge in [0.2, 0.25) is 0 Å². The van der Waals surface area contributed by atoms with Crippen molar-refractivity contribution in [3.63, 3.8) is 0 Å². The Balaban J connectivity index is 1.94. The van der Waals surface area contributed by atoms with Crippen LogP contribution in [0.15, 0.2) is 18.2 Å². The van der Waals surface area contributed by atoms with Gasteiger partial charge >= 0.3 is 0 Å². The van der Waals surface area contributed by atoms with Gasteiger partial charge in [-0.05, 0) is 25.0 Å². The van der Waals surface area contributed by atoms with Crippen molar-refractivity contribution in [2.45, 2.75) is 25.4 Å². The third-order valence-corrected chi connectivity index (χ3v) is 2.99. The number of amides is 1. The van der Waals surface area contributed by atoms with E-state index < -0.39 is 5.91 Å². The Morgan fingerprint density at radius 1 is 1.50 bits per heavy atom. The molecule has 98 valence electrons. The van der Waals surface area contributed by atoms with Gasteiger partial charge in [0.15, 0.2) is 0 Å². The van der Waals surface area contributed by atoms with Crippen LogP contribution in [0.25, 0.3) is 0 Å². The van der Waals surface area contributed by atoms with Gasteiger partial charge < -0.3 is 20.9 Å². The van der Waals surface area contributed by atoms with Gasteiger partial charge in [0.1, 0.15) is 5.75 Å². The normalized spacial score (nSPS) is 18.8. The number of nitrogen functional groups attached to an aromatic ring is 1. The fourth-order valence-electron chi connectivity index (χ4n) is 2.03. The van der Waals surface area contributed by atoms with Crippen molar-refractivity contribution in [2.24, 2.45) is 5.73 Å². The molecule has 1 unspecified atom stereocenters. The second kappa shape index (κ2) is 5.73. The molecule has 1 saturated heterocycles. The van der Waals surface area contributed by atoms with Crippen molar-refractivity contribution < 1.29 is 14.3 Å². The summed E-state index contributed by atoms with van der Waals surface area (Å²) in [5.74, 6) is -0.0670. The van der Waals surface area contributed by atoms with Gasteiger partial charge in [0.05, 0.1) is 18.3 Å². The number of carbonyl (C=O) groups is 1. The van der Waals surface area contributed by atoms with E-state index in [0.717, 1.165) is 25.9 Å². The Bertz CT molecular complexity index is 428. The number of carbonyl (C=O) groups excluding carboxylic acids is 1. The summed E-state index contributed by atoms with van der Waals surface area (Å²) in [5, 5.41) is 0. The highest BCUT2D eigenvalue weighted by Crippen LogP contribution is 2.22. The quantitative estimate of drug-likeness (QED) is 0.771. The van der Waals surface area contributed by atoms with Crippen molar-refractivity contribution in [3.8, 4) is 5.75 Å². The molecule has 0 saturated carbocycles. The van der Waals surface area contributed by atoms with E-state index >= 15 is 0 Å². The predicted molar refractivity (Wildman–Crippen MR) is 68.5 cm³/mol. The minimum absolute atomic E-state index is 0.267. The van der Waals surface area contributed by atoms with Crippen molar-refractivity contribution in [1.82, 2.24) is 0 Å². The van der Waals surface area contributed by atoms with Gasteiger partial charge in [-0.15, -0.1) is 0 Å². The first-order chi connectivity index (χ1) is 8.66. The highest BCUT2D eigenvalue weighted by molar-refractivity contribution is 5.96. The van der Waals surface area contributed by atoms with Crippen LogP contribution in [0.3, 0.4) is 0 Å². The van der Waals surface area contributed by atoms with Crippen LogP contribution in [0.1, 0.15) is 29.6 Å². The molecule has 2 rings (SSSR count). The summed E-state index contributed by atoms with van der Waals surface area (Å²) in [6.07, 6.45) is 3.26. The lowest BCUT2D eigenvalue weighted by atomic mass is 10.1. The van der Waals surface area contributed by atoms with Crippen LogP contribution in [0.4, 0.5) is 5.69 Å². The Labute approximate surface area is 106 Å². The molecule has 5 heteroatoms. The number of hydrogen-bond donors (Lipinski definition) is 2. The molecule has 1 aliphatic rings. The molecule has 1 fully saturated rings. The lowest BCUT2D eigenvalue weighted by Crippen LogP contribution is -2.15. The number of hydrogen-bond acceptors (Lipinski definition) is 4. The van der Waals surface area contributed by atoms with Crippen LogP contribution in [0.5, 0.6) is 5.75 Å². The lowest BCUT2D eigenvalue weighted by molar-refractivity contribution is 0.0897. The molecule has 0 aromatic heterocycles. The summed E-state index contributed by atoms with van der Waals surface area (Å²) in [4.78, 5) is 11.2. The average molecular weight is 250 g/mol. The lowest BCUT2D eigenvalue weighted by Gasteiger charge is -2.13. The van der Waals surface area contributed by atoms with Gasteiger partial charge in [0.25, 0.3) is 5.91 Å². The monoisotopic (exact) mass is 250 g/mol. The number of nitrogens with two attached hydrogens (primary N) is 2. The van der Waals surface area contributed by atoms with Crippen molar-refractivity contribution in [2.75, 3.05) is 18.9 Å². The fourth-order valence-corrected chi connectivity index (χ4v) is 2.03. The Kier molecular flexibility index (Phi) is 4.04. The summed E-state index contributed by atoms with van der Waals surface area (Å²) < 4.78 is 11.1. The minimum atomic E-state index is -0.512. The van der Waals surface area contributed by atoms with Crippen molar-refractivity contribution in [3.05, 3.63) is 23.8 Å². The standard InChI is InChI=1S/C13H18N2O3/c14-9-3-4-11(13(15)16)12(8-9)18-7-5-10-2-1-6-17-10/h3-4,8,10H,1-2,5-7,14H2,(H2,15,16). The maximum absolute atomic E-state index is 11.2. The van der Waals surface area contributed by atoms with Crippen LogP contribution in [0.2, 0.25) is 0 Å². The average Bonchev–Trinajstić information content (AvgIpc) is 2.82. The summed E-state index contributed by atoms with van der Waals surface area (Å²) >= 11 is 0. The third-order valence-electron chi connectivity index (χ3n) is 2.99. The molecule has 0 aliphatic carbocycles. The highest BCUT2D eigenvalue weighted by Gasteiger charge is 2.16. The van der Waals surface area contributed by atoms with Gasteiger partial charge in [-0.3, -0.25) is 4.79 Å². The topological polar surface area (TPSA) is 87.6 Å². The first-order valence-corrected chi connectivity index (χ1v) is 6.10. The first-order valence-electron chi connectivity index (χ1n) is 6.10. The van der Waals surface area contributed by atoms with E-state index in [4.69, 9.17) is 20.9 Å². The molecule has 4 N–H and O–H groups in total. The predicted octanol–water partition coefficient (Wildman–Crippen LogP) is 1.32. The molecule has 1 aliphatic heterocycles. The summed E-state index contributed by atoms with van der Waals surface area (Å²) in [5.41, 5.74) is 11.8. The third kappa shape index (κ3) is 3.13. The van der Waals surface area contributed by atoms with Gasteiger partial charge in [-0.2, -0.15) is 0 Å². The van der Waals surface area contributed by atoms with E-state index in [9.17, 15) is 4.79 Å². The Hall–Kier alpha value is -1.75. The zero-order valence-electron chi connectivity index (χ0n) is 10.2. The maximum atomic E-state index is 11.2. The molecular formula is C13H18N2O3. The van der Waals surface area contributed by atoms with Crippen LogP contribution in [0, 0.1) is 0 Å². The zero-order valence-corrected chi connectivity index (χ0v) is 10.2. The summed E-state index contributed by atoms with van der Waals surface area (Å²) in [6, 6.07) is 4.84. The smallest absolute Gasteiger partial charge is 0.252 e. The molecule has 1 aromatic rings. The highest BCUT2D eigenvalue weighted by atomic mass is 16.5. The number of primary amides is 1. The molecule has 0 bridgehead atoms. The number of benzene rings is 1. The molecule has 18 heavy (non-hydrogen) atoms. The van der Waals surface area contributed by atoms with Crippen LogP contribution >= 0.6 is 0 Å². The first kappa shape index (κ1) is 12.7. The molecular weight excluding hydrogens is 232 g/mol. The van der Waals surface area contributed by atoms with Crippen molar-refractivity contribution in [1.29, 1.82) is 0 Å². The SMILES string of the molecule is NC(=O)c1ccc(N)cc1OCCC1CCCO1. The van der Waals surface area contributed by atoms with Gasteiger partial charge in [-0.25, -0.2) is 0 Å². The summed E-state index contributed by atoms with van der Waals surface area (Å²) in [6.45, 7) is 1.32. The molecule has 5 nitrogen and oxygen atoms in total. The fraction of sp³-hybridized carbons (Fsp3) is 0.462. The van der Waals surface area contributed by atoms with E-state index in [2.05, 4.69) is 0 Å². The van der Waals surface area contributed by atoms with Gasteiger partial charge in [0, 0.05) is 24.8 Å². The Morgan fingerprint density at radius 2 is 2.33 bits per heavy atom. The van der Waals surface area contributed by atoms with Crippen LogP contribution in [-0.4, -0.2) is 25.2 Å². The maximum Gasteiger partial charge on any atom is 0.252 e. The largest absolute Gasteiger partial charge is 0.493 e. The molecule has 1 atom stereocenters. The second-order valence-electron chi connectivity index (χ2n) is 4.39. The zero-order chi connectivity index (χ0) is 13.0. The van der Waals surface area contributed by atoms with E-state index in [1.54, 1.807) is 18.2 Å². The second-order valence-corrected chi connectivity index (χ2v) is 4.39. The van der Waals surface area contributed by atoms with E-state index in [0.29, 0.717) is 23.6 Å². The number of anilines is 1. The van der Waals surface area contributed by atoms with E-state index in [-0.39, 0.29) is 6.10 Å². The molecule has 1 heterocycles. The molecule has 1 aromatic carbocycles. The molecule has 0 spiro atoms. The summed E-state index contributed by atoms with van der Waals surface area (Å²) in [7, 11) is 0. The van der Waals surface area contributed by atoms with Gasteiger partial charge in [-0.1, -0.05) is 0 Å². The molecule has 1 amide bonds. The van der Waals surface area contributed by atoms with E-state index in [1.807, 2.05) is 0 Å². The minimum Gasteiger partial charge on any atom is -0.493 e.